The van der Waals surface area contributed by atoms with Crippen molar-refractivity contribution in [3.63, 3.8) is 0 Å². The van der Waals surface area contributed by atoms with Gasteiger partial charge in [0.15, 0.2) is 0 Å². The monoisotopic (exact) mass is 314 g/mol. The van der Waals surface area contributed by atoms with Crippen LogP contribution in [0, 0.1) is 17.8 Å². The zero-order chi connectivity index (χ0) is 16.7. The molecule has 0 radical (unpaired) electrons. The number of benzene rings is 1. The van der Waals surface area contributed by atoms with Crippen molar-refractivity contribution in [1.29, 1.82) is 0 Å². The summed E-state index contributed by atoms with van der Waals surface area (Å²) in [5, 5.41) is 0. The molecule has 0 aromatic heterocycles. The Kier molecular flexibility index (Phi) is 4.16. The molecule has 3 atom stereocenters. The molecular formula is C20H28NO2+. The highest BCUT2D eigenvalue weighted by Gasteiger charge is 2.49. The van der Waals surface area contributed by atoms with Crippen LogP contribution in [0.15, 0.2) is 24.3 Å². The second kappa shape index (κ2) is 5.85. The molecule has 2 aliphatic rings. The summed E-state index contributed by atoms with van der Waals surface area (Å²) in [7, 11) is 4.23. The molecule has 2 aliphatic heterocycles. The Morgan fingerprint density at radius 1 is 1.22 bits per heavy atom. The van der Waals surface area contributed by atoms with Crippen molar-refractivity contribution in [2.24, 2.45) is 5.92 Å². The largest absolute Gasteiger partial charge is 0.487 e. The van der Waals surface area contributed by atoms with Crippen molar-refractivity contribution in [2.75, 3.05) is 20.6 Å². The van der Waals surface area contributed by atoms with Crippen LogP contribution >= 0.6 is 0 Å². The molecule has 0 aliphatic carbocycles. The number of hydrogen-bond donors (Lipinski definition) is 1. The zero-order valence-electron chi connectivity index (χ0n) is 14.9. The molecule has 3 heteroatoms. The molecule has 1 N–H and O–H groups in total. The summed E-state index contributed by atoms with van der Waals surface area (Å²) >= 11 is 0. The van der Waals surface area contributed by atoms with E-state index >= 15 is 0 Å². The molecule has 23 heavy (non-hydrogen) atoms. The average molecular weight is 314 g/mol. The van der Waals surface area contributed by atoms with Gasteiger partial charge in [-0.2, -0.15) is 0 Å². The highest BCUT2D eigenvalue weighted by atomic mass is 16.5. The molecular weight excluding hydrogens is 286 g/mol. The summed E-state index contributed by atoms with van der Waals surface area (Å²) in [6, 6.07) is 8.26. The van der Waals surface area contributed by atoms with Crippen LogP contribution in [-0.4, -0.2) is 31.8 Å². The predicted molar refractivity (Wildman–Crippen MR) is 91.6 cm³/mol. The highest BCUT2D eigenvalue weighted by molar-refractivity contribution is 5.39. The van der Waals surface area contributed by atoms with E-state index in [1.165, 1.54) is 10.5 Å². The minimum Gasteiger partial charge on any atom is -0.487 e. The van der Waals surface area contributed by atoms with Gasteiger partial charge in [-0.25, -0.2) is 0 Å². The molecule has 2 heterocycles. The van der Waals surface area contributed by atoms with Crippen molar-refractivity contribution in [2.45, 2.75) is 50.9 Å². The molecule has 0 amide bonds. The summed E-state index contributed by atoms with van der Waals surface area (Å²) in [6.45, 7) is 7.33. The number of para-hydroxylation sites is 1. The average Bonchev–Trinajstić information content (AvgIpc) is 2.46. The lowest BCUT2D eigenvalue weighted by molar-refractivity contribution is -0.850. The van der Waals surface area contributed by atoms with Gasteiger partial charge in [-0.3, -0.25) is 0 Å². The van der Waals surface area contributed by atoms with Crippen molar-refractivity contribution < 1.29 is 14.4 Å². The van der Waals surface area contributed by atoms with Gasteiger partial charge in [0.05, 0.1) is 20.2 Å². The Hall–Kier alpha value is -1.50. The quantitative estimate of drug-likeness (QED) is 0.804. The maximum atomic E-state index is 6.56. The van der Waals surface area contributed by atoms with E-state index in [-0.39, 0.29) is 17.3 Å². The third-order valence-electron chi connectivity index (χ3n) is 4.97. The first-order chi connectivity index (χ1) is 10.8. The Morgan fingerprint density at radius 3 is 2.70 bits per heavy atom. The van der Waals surface area contributed by atoms with E-state index in [2.05, 4.69) is 58.8 Å². The highest BCUT2D eigenvalue weighted by Crippen LogP contribution is 2.52. The van der Waals surface area contributed by atoms with E-state index in [1.54, 1.807) is 0 Å². The summed E-state index contributed by atoms with van der Waals surface area (Å²) in [6.07, 6.45) is 2.10. The van der Waals surface area contributed by atoms with E-state index in [4.69, 9.17) is 9.47 Å². The van der Waals surface area contributed by atoms with E-state index in [0.717, 1.165) is 25.1 Å². The van der Waals surface area contributed by atoms with E-state index < -0.39 is 0 Å². The predicted octanol–water partition coefficient (Wildman–Crippen LogP) is 2.23. The molecule has 0 saturated carbocycles. The first-order valence-corrected chi connectivity index (χ1v) is 8.56. The van der Waals surface area contributed by atoms with Gasteiger partial charge in [0.2, 0.25) is 0 Å². The van der Waals surface area contributed by atoms with Gasteiger partial charge < -0.3 is 14.4 Å². The van der Waals surface area contributed by atoms with Crippen molar-refractivity contribution in [3.8, 4) is 17.6 Å². The summed E-state index contributed by atoms with van der Waals surface area (Å²) in [5.74, 6) is 8.00. The van der Waals surface area contributed by atoms with Crippen molar-refractivity contribution in [1.82, 2.24) is 0 Å². The fourth-order valence-corrected chi connectivity index (χ4v) is 3.66. The molecule has 0 bridgehead atoms. The molecule has 1 aromatic rings. The first-order valence-electron chi connectivity index (χ1n) is 8.56. The Labute approximate surface area is 140 Å². The maximum absolute atomic E-state index is 6.56. The van der Waals surface area contributed by atoms with Crippen molar-refractivity contribution in [3.05, 3.63) is 29.8 Å². The maximum Gasteiger partial charge on any atom is 0.139 e. The number of nitrogens with one attached hydrogen (secondary N) is 1. The topological polar surface area (TPSA) is 22.9 Å². The third kappa shape index (κ3) is 3.24. The smallest absolute Gasteiger partial charge is 0.139 e. The second-order valence-electron chi connectivity index (χ2n) is 7.84. The normalized spacial score (nSPS) is 31.4. The molecule has 1 fully saturated rings. The standard InChI is InChI=1S/C20H27NO2/c1-19(2)16-11-13-20(3,12-8-14-21(4)5)23-18(16)15-9-6-7-10-17(15)22-19/h6-7,9-10,16,18H,11,13-14H2,1-5H3/p+1/t16-,18+,20+/m1/s1. The lowest BCUT2D eigenvalue weighted by atomic mass is 9.73. The van der Waals surface area contributed by atoms with Crippen LogP contribution in [0.4, 0.5) is 0 Å². The fourth-order valence-electron chi connectivity index (χ4n) is 3.66. The number of quaternary nitrogens is 1. The SMILES string of the molecule is C[NH+](C)CC#C[C@@]1(C)CC[C@@H]2[C@@H](O1)c1ccccc1OC2(C)C. The number of fused-ring (bicyclic) bond motifs is 3. The Balaban J connectivity index is 1.90. The van der Waals surface area contributed by atoms with Gasteiger partial charge in [0.1, 0.15) is 23.5 Å². The van der Waals surface area contributed by atoms with Crippen LogP contribution in [0.3, 0.4) is 0 Å². The van der Waals surface area contributed by atoms with Crippen LogP contribution < -0.4 is 9.64 Å². The van der Waals surface area contributed by atoms with Crippen LogP contribution in [0.1, 0.15) is 45.3 Å². The van der Waals surface area contributed by atoms with Gasteiger partial charge in [-0.15, -0.1) is 0 Å². The second-order valence-corrected chi connectivity index (χ2v) is 7.84. The molecule has 3 nitrogen and oxygen atoms in total. The molecule has 1 aromatic carbocycles. The van der Waals surface area contributed by atoms with Crippen molar-refractivity contribution >= 4 is 0 Å². The lowest BCUT2D eigenvalue weighted by Crippen LogP contribution is -3.05. The first kappa shape index (κ1) is 16.4. The number of ether oxygens (including phenoxy) is 2. The molecule has 0 spiro atoms. The number of rotatable bonds is 1. The summed E-state index contributed by atoms with van der Waals surface area (Å²) in [5.41, 5.74) is 0.599. The minimum absolute atomic E-state index is 0.0645. The van der Waals surface area contributed by atoms with E-state index in [1.807, 2.05) is 12.1 Å². The van der Waals surface area contributed by atoms with E-state index in [9.17, 15) is 0 Å². The third-order valence-corrected chi connectivity index (χ3v) is 4.97. The molecule has 3 rings (SSSR count). The van der Waals surface area contributed by atoms with Gasteiger partial charge in [0, 0.05) is 11.5 Å². The van der Waals surface area contributed by atoms with E-state index in [0.29, 0.717) is 5.92 Å². The lowest BCUT2D eigenvalue weighted by Gasteiger charge is -2.50. The van der Waals surface area contributed by atoms with Gasteiger partial charge >= 0.3 is 0 Å². The van der Waals surface area contributed by atoms with Crippen LogP contribution in [0.2, 0.25) is 0 Å². The van der Waals surface area contributed by atoms with Crippen LogP contribution in [-0.2, 0) is 4.74 Å². The van der Waals surface area contributed by atoms with Gasteiger partial charge in [-0.1, -0.05) is 24.1 Å². The molecule has 1 saturated heterocycles. The van der Waals surface area contributed by atoms with Crippen LogP contribution in [0.5, 0.6) is 5.75 Å². The van der Waals surface area contributed by atoms with Gasteiger partial charge in [0.25, 0.3) is 0 Å². The Bertz CT molecular complexity index is 641. The van der Waals surface area contributed by atoms with Crippen LogP contribution in [0.25, 0.3) is 0 Å². The summed E-state index contributed by atoms with van der Waals surface area (Å²) in [4.78, 5) is 1.34. The Morgan fingerprint density at radius 2 is 1.96 bits per heavy atom. The number of hydrogen-bond acceptors (Lipinski definition) is 2. The fraction of sp³-hybridized carbons (Fsp3) is 0.600. The van der Waals surface area contributed by atoms with Gasteiger partial charge in [-0.05, 0) is 45.6 Å². The minimum atomic E-state index is -0.364. The molecule has 0 unspecified atom stereocenters. The summed E-state index contributed by atoms with van der Waals surface area (Å²) < 4.78 is 12.8. The molecule has 124 valence electrons. The zero-order valence-corrected chi connectivity index (χ0v) is 14.9.